The van der Waals surface area contributed by atoms with Crippen LogP contribution in [0.25, 0.3) is 0 Å². The maximum atomic E-state index is 12.1. The van der Waals surface area contributed by atoms with Gasteiger partial charge in [-0.05, 0) is 30.3 Å². The second-order valence-electron chi connectivity index (χ2n) is 4.10. The third-order valence-corrected chi connectivity index (χ3v) is 3.08. The van der Waals surface area contributed by atoms with E-state index in [1.165, 1.54) is 19.2 Å². The lowest BCUT2D eigenvalue weighted by atomic mass is 10.2. The van der Waals surface area contributed by atoms with Gasteiger partial charge in [0.05, 0.1) is 22.6 Å². The Morgan fingerprint density at radius 1 is 1.24 bits per heavy atom. The SMILES string of the molecule is COc1ccc(NC(=O)c2cc([N+](=O)[O-])ccc2Cl)cc1. The molecule has 108 valence electrons. The summed E-state index contributed by atoms with van der Waals surface area (Å²) in [4.78, 5) is 22.3. The second-order valence-corrected chi connectivity index (χ2v) is 4.51. The van der Waals surface area contributed by atoms with Gasteiger partial charge in [0.2, 0.25) is 0 Å². The van der Waals surface area contributed by atoms with Crippen molar-refractivity contribution in [1.82, 2.24) is 0 Å². The molecule has 2 rings (SSSR count). The molecule has 0 bridgehead atoms. The van der Waals surface area contributed by atoms with Gasteiger partial charge in [-0.2, -0.15) is 0 Å². The maximum absolute atomic E-state index is 12.1. The second kappa shape index (κ2) is 6.23. The van der Waals surface area contributed by atoms with E-state index in [1.807, 2.05) is 0 Å². The van der Waals surface area contributed by atoms with Crippen LogP contribution in [-0.2, 0) is 0 Å². The topological polar surface area (TPSA) is 81.5 Å². The number of halogens is 1. The zero-order valence-electron chi connectivity index (χ0n) is 11.0. The van der Waals surface area contributed by atoms with Gasteiger partial charge in [-0.1, -0.05) is 11.6 Å². The molecule has 0 aliphatic carbocycles. The number of ether oxygens (including phenoxy) is 1. The fraction of sp³-hybridized carbons (Fsp3) is 0.0714. The van der Waals surface area contributed by atoms with E-state index in [1.54, 1.807) is 24.3 Å². The quantitative estimate of drug-likeness (QED) is 0.692. The van der Waals surface area contributed by atoms with E-state index in [0.717, 1.165) is 6.07 Å². The van der Waals surface area contributed by atoms with Crippen molar-refractivity contribution in [2.24, 2.45) is 0 Å². The van der Waals surface area contributed by atoms with E-state index >= 15 is 0 Å². The fourth-order valence-electron chi connectivity index (χ4n) is 1.67. The number of hydrogen-bond donors (Lipinski definition) is 1. The number of nitro groups is 1. The van der Waals surface area contributed by atoms with E-state index in [9.17, 15) is 14.9 Å². The molecule has 0 unspecified atom stereocenters. The highest BCUT2D eigenvalue weighted by atomic mass is 35.5. The monoisotopic (exact) mass is 306 g/mol. The summed E-state index contributed by atoms with van der Waals surface area (Å²) in [5.74, 6) is 0.134. The number of nitro benzene ring substituents is 1. The van der Waals surface area contributed by atoms with Crippen molar-refractivity contribution in [2.75, 3.05) is 12.4 Å². The molecule has 0 spiro atoms. The summed E-state index contributed by atoms with van der Waals surface area (Å²) in [6, 6.07) is 10.4. The molecule has 1 N–H and O–H groups in total. The van der Waals surface area contributed by atoms with Gasteiger partial charge in [-0.25, -0.2) is 0 Å². The Balaban J connectivity index is 2.23. The predicted molar refractivity (Wildman–Crippen MR) is 79.1 cm³/mol. The number of benzene rings is 2. The number of non-ortho nitro benzene ring substituents is 1. The lowest BCUT2D eigenvalue weighted by Gasteiger charge is -2.07. The molecule has 6 nitrogen and oxygen atoms in total. The first kappa shape index (κ1) is 14.8. The highest BCUT2D eigenvalue weighted by molar-refractivity contribution is 6.34. The van der Waals surface area contributed by atoms with Gasteiger partial charge in [0.25, 0.3) is 11.6 Å². The van der Waals surface area contributed by atoms with E-state index in [2.05, 4.69) is 5.32 Å². The van der Waals surface area contributed by atoms with Crippen LogP contribution in [0.4, 0.5) is 11.4 Å². The normalized spacial score (nSPS) is 10.0. The summed E-state index contributed by atoms with van der Waals surface area (Å²) < 4.78 is 5.01. The molecule has 0 radical (unpaired) electrons. The van der Waals surface area contributed by atoms with Gasteiger partial charge >= 0.3 is 0 Å². The first-order valence-corrected chi connectivity index (χ1v) is 6.28. The summed E-state index contributed by atoms with van der Waals surface area (Å²) in [7, 11) is 1.54. The molecule has 1 amide bonds. The lowest BCUT2D eigenvalue weighted by Crippen LogP contribution is -2.12. The van der Waals surface area contributed by atoms with Crippen LogP contribution in [-0.4, -0.2) is 17.9 Å². The van der Waals surface area contributed by atoms with E-state index in [4.69, 9.17) is 16.3 Å². The number of carbonyl (C=O) groups is 1. The van der Waals surface area contributed by atoms with Crippen molar-refractivity contribution in [3.8, 4) is 5.75 Å². The Morgan fingerprint density at radius 2 is 1.90 bits per heavy atom. The molecule has 0 fully saturated rings. The molecular weight excluding hydrogens is 296 g/mol. The largest absolute Gasteiger partial charge is 0.497 e. The molecule has 0 aliphatic heterocycles. The lowest BCUT2D eigenvalue weighted by molar-refractivity contribution is -0.384. The highest BCUT2D eigenvalue weighted by Crippen LogP contribution is 2.23. The summed E-state index contributed by atoms with van der Waals surface area (Å²) in [6.07, 6.45) is 0. The molecule has 2 aromatic carbocycles. The summed E-state index contributed by atoms with van der Waals surface area (Å²) in [5, 5.41) is 13.5. The highest BCUT2D eigenvalue weighted by Gasteiger charge is 2.16. The zero-order valence-corrected chi connectivity index (χ0v) is 11.8. The van der Waals surface area contributed by atoms with Crippen LogP contribution in [0.1, 0.15) is 10.4 Å². The molecule has 21 heavy (non-hydrogen) atoms. The third-order valence-electron chi connectivity index (χ3n) is 2.75. The Labute approximate surface area is 125 Å². The predicted octanol–water partition coefficient (Wildman–Crippen LogP) is 3.51. The van der Waals surface area contributed by atoms with Crippen LogP contribution in [0, 0.1) is 10.1 Å². The molecule has 0 atom stereocenters. The zero-order chi connectivity index (χ0) is 15.4. The summed E-state index contributed by atoms with van der Waals surface area (Å²) >= 11 is 5.91. The van der Waals surface area contributed by atoms with Crippen LogP contribution in [0.3, 0.4) is 0 Å². The van der Waals surface area contributed by atoms with Crippen molar-refractivity contribution in [2.45, 2.75) is 0 Å². The Kier molecular flexibility index (Phi) is 4.39. The molecule has 0 saturated carbocycles. The van der Waals surface area contributed by atoms with Gasteiger partial charge in [0.1, 0.15) is 5.75 Å². The van der Waals surface area contributed by atoms with Crippen molar-refractivity contribution >= 4 is 28.9 Å². The molecule has 7 heteroatoms. The number of methoxy groups -OCH3 is 1. The molecule has 2 aromatic rings. The van der Waals surface area contributed by atoms with Gasteiger partial charge < -0.3 is 10.1 Å². The minimum Gasteiger partial charge on any atom is -0.497 e. The van der Waals surface area contributed by atoms with Crippen LogP contribution in [0.5, 0.6) is 5.75 Å². The number of carbonyl (C=O) groups excluding carboxylic acids is 1. The average Bonchev–Trinajstić information content (AvgIpc) is 2.48. The van der Waals surface area contributed by atoms with Crippen LogP contribution in [0.2, 0.25) is 5.02 Å². The van der Waals surface area contributed by atoms with Crippen molar-refractivity contribution in [3.05, 3.63) is 63.2 Å². The van der Waals surface area contributed by atoms with Gasteiger partial charge in [0, 0.05) is 17.8 Å². The van der Waals surface area contributed by atoms with Crippen molar-refractivity contribution in [3.63, 3.8) is 0 Å². The molecule has 0 heterocycles. The fourth-order valence-corrected chi connectivity index (χ4v) is 1.88. The maximum Gasteiger partial charge on any atom is 0.270 e. The third kappa shape index (κ3) is 3.49. The first-order valence-electron chi connectivity index (χ1n) is 5.90. The van der Waals surface area contributed by atoms with E-state index < -0.39 is 10.8 Å². The van der Waals surface area contributed by atoms with E-state index in [-0.39, 0.29) is 16.3 Å². The molecule has 0 aliphatic rings. The van der Waals surface area contributed by atoms with Crippen LogP contribution >= 0.6 is 11.6 Å². The van der Waals surface area contributed by atoms with Crippen molar-refractivity contribution < 1.29 is 14.5 Å². The number of nitrogens with zero attached hydrogens (tertiary/aromatic N) is 1. The number of rotatable bonds is 4. The molecule has 0 saturated heterocycles. The Bertz CT molecular complexity index is 686. The Hall–Kier alpha value is -2.60. The standard InChI is InChI=1S/C14H11ClN2O4/c1-21-11-5-2-9(3-6-11)16-14(18)12-8-10(17(19)20)4-7-13(12)15/h2-8H,1H3,(H,16,18). The van der Waals surface area contributed by atoms with Crippen LogP contribution < -0.4 is 10.1 Å². The minimum atomic E-state index is -0.583. The summed E-state index contributed by atoms with van der Waals surface area (Å²) in [6.45, 7) is 0. The number of anilines is 1. The minimum absolute atomic E-state index is 0.0432. The number of amides is 1. The summed E-state index contributed by atoms with van der Waals surface area (Å²) in [5.41, 5.74) is 0.379. The van der Waals surface area contributed by atoms with Crippen LogP contribution in [0.15, 0.2) is 42.5 Å². The van der Waals surface area contributed by atoms with Gasteiger partial charge in [-0.3, -0.25) is 14.9 Å². The molecule has 0 aromatic heterocycles. The first-order chi connectivity index (χ1) is 10.0. The van der Waals surface area contributed by atoms with Gasteiger partial charge in [0.15, 0.2) is 0 Å². The Morgan fingerprint density at radius 3 is 2.48 bits per heavy atom. The number of hydrogen-bond acceptors (Lipinski definition) is 4. The smallest absolute Gasteiger partial charge is 0.270 e. The number of nitrogens with one attached hydrogen (secondary N) is 1. The van der Waals surface area contributed by atoms with Gasteiger partial charge in [-0.15, -0.1) is 0 Å². The average molecular weight is 307 g/mol. The molecular formula is C14H11ClN2O4. The van der Waals surface area contributed by atoms with E-state index in [0.29, 0.717) is 11.4 Å². The van der Waals surface area contributed by atoms with Crippen molar-refractivity contribution in [1.29, 1.82) is 0 Å².